The zero-order valence-electron chi connectivity index (χ0n) is 11.3. The molecule has 0 radical (unpaired) electrons. The van der Waals surface area contributed by atoms with Crippen LogP contribution in [-0.2, 0) is 9.47 Å². The molecular weight excluding hydrogens is 256 g/mol. The third-order valence-electron chi connectivity index (χ3n) is 7.80. The molecule has 4 heterocycles. The molecule has 4 spiro atoms. The zero-order chi connectivity index (χ0) is 13.5. The van der Waals surface area contributed by atoms with Crippen LogP contribution in [0.1, 0.15) is 25.7 Å². The van der Waals surface area contributed by atoms with Crippen molar-refractivity contribution in [2.45, 2.75) is 48.1 Å². The van der Waals surface area contributed by atoms with Gasteiger partial charge in [0.05, 0.1) is 46.4 Å². The number of rotatable bonds is 2. The molecule has 4 unspecified atom stereocenters. The highest BCUT2D eigenvalue weighted by Gasteiger charge is 2.98. The Morgan fingerprint density at radius 2 is 0.950 bits per heavy atom. The van der Waals surface area contributed by atoms with Crippen molar-refractivity contribution in [1.29, 1.82) is 0 Å². The summed E-state index contributed by atoms with van der Waals surface area (Å²) in [5.41, 5.74) is -2.81. The molecule has 6 rings (SSSR count). The smallest absolute Gasteiger partial charge is 0.0994 e. The molecule has 4 fully saturated rings. The molecule has 0 aromatic heterocycles. The normalized spacial score (nSPS) is 69.5. The summed E-state index contributed by atoms with van der Waals surface area (Å²) in [7, 11) is 0. The lowest BCUT2D eigenvalue weighted by atomic mass is 9.45. The van der Waals surface area contributed by atoms with Gasteiger partial charge in [-0.25, -0.2) is 0 Å². The van der Waals surface area contributed by atoms with Crippen LogP contribution in [0.15, 0.2) is 24.3 Å². The van der Waals surface area contributed by atoms with Gasteiger partial charge in [0.15, 0.2) is 0 Å². The van der Waals surface area contributed by atoms with Gasteiger partial charge < -0.3 is 19.7 Å². The largest absolute Gasteiger partial charge is 0.396 e. The zero-order valence-corrected chi connectivity index (χ0v) is 11.3. The van der Waals surface area contributed by atoms with E-state index in [0.717, 1.165) is 25.7 Å². The van der Waals surface area contributed by atoms with Crippen LogP contribution in [0, 0.1) is 10.8 Å². The first-order valence-corrected chi connectivity index (χ1v) is 7.64. The molecule has 4 aliphatic heterocycles. The number of hydrogen-bond donors (Lipinski definition) is 2. The van der Waals surface area contributed by atoms with Crippen molar-refractivity contribution in [2.24, 2.45) is 10.8 Å². The van der Waals surface area contributed by atoms with Crippen LogP contribution in [0.3, 0.4) is 0 Å². The third kappa shape index (κ3) is 0.565. The Morgan fingerprint density at radius 3 is 1.20 bits per heavy atom. The minimum absolute atomic E-state index is 0.0196. The summed E-state index contributed by atoms with van der Waals surface area (Å²) < 4.78 is 13.2. The minimum atomic E-state index is -0.512. The first kappa shape index (κ1) is 11.0. The molecule has 2 saturated heterocycles. The molecule has 0 aromatic carbocycles. The molecule has 0 aromatic rings. The molecule has 4 heteroatoms. The highest BCUT2D eigenvalue weighted by Crippen LogP contribution is 2.89. The summed E-state index contributed by atoms with van der Waals surface area (Å²) in [5, 5.41) is 20.9. The van der Waals surface area contributed by atoms with E-state index in [1.54, 1.807) is 0 Å². The first-order valence-electron chi connectivity index (χ1n) is 7.64. The SMILES string of the molecule is OCC12C34C=CC5(CCC6(C=CC1(CC3)O6)C52CO)O4. The standard InChI is InChI=1S/C16H18O4/c17-9-15-11-1-2-12(15)7-8-14(20-12)4-3-13(19-11,6-5-11)16(14,15)10-18/h5-8,17-18H,1-4,9-10H2. The quantitative estimate of drug-likeness (QED) is 0.727. The second kappa shape index (κ2) is 2.45. The predicted octanol–water partition coefficient (Wildman–Crippen LogP) is 0.687. The van der Waals surface area contributed by atoms with Crippen molar-refractivity contribution in [2.75, 3.05) is 13.2 Å². The van der Waals surface area contributed by atoms with Crippen LogP contribution in [0.5, 0.6) is 0 Å². The van der Waals surface area contributed by atoms with Crippen molar-refractivity contribution in [3.8, 4) is 0 Å². The third-order valence-corrected chi connectivity index (χ3v) is 7.80. The van der Waals surface area contributed by atoms with E-state index in [2.05, 4.69) is 24.3 Å². The Hall–Kier alpha value is -0.680. The van der Waals surface area contributed by atoms with Gasteiger partial charge in [-0.05, 0) is 25.7 Å². The molecule has 20 heavy (non-hydrogen) atoms. The second-order valence-corrected chi connectivity index (χ2v) is 7.56. The lowest BCUT2D eigenvalue weighted by molar-refractivity contribution is -0.112. The van der Waals surface area contributed by atoms with Crippen molar-refractivity contribution >= 4 is 0 Å². The Morgan fingerprint density at radius 1 is 0.650 bits per heavy atom. The van der Waals surface area contributed by atoms with E-state index in [0.29, 0.717) is 0 Å². The van der Waals surface area contributed by atoms with Gasteiger partial charge in [0.2, 0.25) is 0 Å². The number of aliphatic hydroxyl groups is 2. The van der Waals surface area contributed by atoms with E-state index in [1.807, 2.05) is 0 Å². The number of ether oxygens (including phenoxy) is 2. The fourth-order valence-electron chi connectivity index (χ4n) is 7.34. The van der Waals surface area contributed by atoms with E-state index in [1.165, 1.54) is 0 Å². The maximum Gasteiger partial charge on any atom is 0.0994 e. The minimum Gasteiger partial charge on any atom is -0.396 e. The van der Waals surface area contributed by atoms with Crippen LogP contribution >= 0.6 is 0 Å². The molecule has 2 saturated carbocycles. The van der Waals surface area contributed by atoms with E-state index in [4.69, 9.17) is 9.47 Å². The van der Waals surface area contributed by atoms with Gasteiger partial charge in [0.1, 0.15) is 0 Å². The number of hydrogen-bond acceptors (Lipinski definition) is 4. The van der Waals surface area contributed by atoms with E-state index < -0.39 is 33.2 Å². The second-order valence-electron chi connectivity index (χ2n) is 7.56. The topological polar surface area (TPSA) is 58.9 Å². The average molecular weight is 274 g/mol. The van der Waals surface area contributed by atoms with E-state index in [9.17, 15) is 10.2 Å². The molecule has 2 aliphatic carbocycles. The molecule has 106 valence electrons. The highest BCUT2D eigenvalue weighted by atomic mass is 16.6. The predicted molar refractivity (Wildman–Crippen MR) is 68.9 cm³/mol. The molecule has 2 N–H and O–H groups in total. The Balaban J connectivity index is 1.83. The molecule has 4 atom stereocenters. The maximum absolute atomic E-state index is 10.5. The van der Waals surface area contributed by atoms with Gasteiger partial charge in [0, 0.05) is 0 Å². The van der Waals surface area contributed by atoms with Gasteiger partial charge in [0.25, 0.3) is 0 Å². The van der Waals surface area contributed by atoms with Gasteiger partial charge in [-0.3, -0.25) is 0 Å². The van der Waals surface area contributed by atoms with Gasteiger partial charge in [-0.2, -0.15) is 0 Å². The first-order chi connectivity index (χ1) is 9.61. The molecular formula is C16H18O4. The van der Waals surface area contributed by atoms with Crippen molar-refractivity contribution in [1.82, 2.24) is 0 Å². The highest BCUT2D eigenvalue weighted by molar-refractivity contribution is 5.57. The molecule has 4 bridgehead atoms. The molecule has 4 nitrogen and oxygen atoms in total. The monoisotopic (exact) mass is 274 g/mol. The Labute approximate surface area is 117 Å². The van der Waals surface area contributed by atoms with Crippen molar-refractivity contribution in [3.05, 3.63) is 24.3 Å². The molecule has 0 amide bonds. The maximum atomic E-state index is 10.5. The number of aliphatic hydroxyl groups excluding tert-OH is 2. The van der Waals surface area contributed by atoms with Crippen LogP contribution in [0.4, 0.5) is 0 Å². The van der Waals surface area contributed by atoms with Crippen LogP contribution in [0.25, 0.3) is 0 Å². The Kier molecular flexibility index (Phi) is 1.35. The lowest BCUT2D eigenvalue weighted by Gasteiger charge is -2.53. The van der Waals surface area contributed by atoms with Crippen molar-refractivity contribution in [3.63, 3.8) is 0 Å². The summed E-state index contributed by atoms with van der Waals surface area (Å²) in [6.45, 7) is 0.0392. The lowest BCUT2D eigenvalue weighted by Crippen LogP contribution is -2.66. The fourth-order valence-corrected chi connectivity index (χ4v) is 7.34. The van der Waals surface area contributed by atoms with Gasteiger partial charge >= 0.3 is 0 Å². The van der Waals surface area contributed by atoms with Crippen molar-refractivity contribution < 1.29 is 19.7 Å². The van der Waals surface area contributed by atoms with Gasteiger partial charge in [-0.15, -0.1) is 0 Å². The molecule has 6 aliphatic rings. The fraction of sp³-hybridized carbons (Fsp3) is 0.750. The average Bonchev–Trinajstić information content (AvgIpc) is 3.22. The Bertz CT molecular complexity index is 530. The van der Waals surface area contributed by atoms with Crippen LogP contribution in [0.2, 0.25) is 0 Å². The summed E-state index contributed by atoms with van der Waals surface area (Å²) in [4.78, 5) is 0. The van der Waals surface area contributed by atoms with Gasteiger partial charge in [-0.1, -0.05) is 24.3 Å². The van der Waals surface area contributed by atoms with Crippen LogP contribution in [-0.4, -0.2) is 45.8 Å². The van der Waals surface area contributed by atoms with Crippen LogP contribution < -0.4 is 0 Å². The summed E-state index contributed by atoms with van der Waals surface area (Å²) in [6.07, 6.45) is 12.2. The summed E-state index contributed by atoms with van der Waals surface area (Å²) in [5.74, 6) is 0. The van der Waals surface area contributed by atoms with E-state index in [-0.39, 0.29) is 13.2 Å². The summed E-state index contributed by atoms with van der Waals surface area (Å²) >= 11 is 0. The van der Waals surface area contributed by atoms with E-state index >= 15 is 0 Å². The summed E-state index contributed by atoms with van der Waals surface area (Å²) in [6, 6.07) is 0.